The largest absolute Gasteiger partial charge is 0.572 e. The maximum absolute atomic E-state index is 12.5. The predicted octanol–water partition coefficient (Wildman–Crippen LogP) is 2.91. The van der Waals surface area contributed by atoms with E-state index in [1.54, 1.807) is 18.4 Å². The van der Waals surface area contributed by atoms with E-state index < -0.39 is 11.5 Å². The molecule has 29 heavy (non-hydrogen) atoms. The molecular weight excluding hydrogens is 386 g/mol. The molecule has 3 heterocycles. The van der Waals surface area contributed by atoms with E-state index in [1.165, 1.54) is 16.1 Å². The lowest BCUT2D eigenvalue weighted by atomic mass is 9.98. The van der Waals surface area contributed by atoms with Crippen molar-refractivity contribution in [3.8, 4) is 5.88 Å². The fourth-order valence-corrected chi connectivity index (χ4v) is 4.75. The van der Waals surface area contributed by atoms with Crippen LogP contribution in [-0.2, 0) is 18.0 Å². The Bertz CT molecular complexity index is 805. The van der Waals surface area contributed by atoms with Crippen LogP contribution in [0.2, 0.25) is 0 Å². The molecule has 1 fully saturated rings. The van der Waals surface area contributed by atoms with E-state index in [2.05, 4.69) is 47.9 Å². The Morgan fingerprint density at radius 1 is 1.28 bits per heavy atom. The van der Waals surface area contributed by atoms with Crippen molar-refractivity contribution < 1.29 is 9.29 Å². The van der Waals surface area contributed by atoms with E-state index in [0.717, 1.165) is 36.6 Å². The van der Waals surface area contributed by atoms with Gasteiger partial charge in [0, 0.05) is 38.1 Å². The summed E-state index contributed by atoms with van der Waals surface area (Å²) in [6.07, 6.45) is 2.25. The van der Waals surface area contributed by atoms with Gasteiger partial charge in [-0.25, -0.2) is 0 Å². The Morgan fingerprint density at radius 2 is 1.97 bits per heavy atom. The van der Waals surface area contributed by atoms with Crippen LogP contribution in [0.5, 0.6) is 5.88 Å². The molecule has 0 spiro atoms. The number of ether oxygens (including phenoxy) is 1. The third-order valence-electron chi connectivity index (χ3n) is 5.38. The first-order valence-corrected chi connectivity index (χ1v) is 11.4. The Morgan fingerprint density at radius 3 is 2.59 bits per heavy atom. The second-order valence-electron chi connectivity index (χ2n) is 8.04. The molecule has 1 saturated heterocycles. The topological polar surface area (TPSA) is 69.5 Å². The Kier molecular flexibility index (Phi) is 7.21. The van der Waals surface area contributed by atoms with Crippen LogP contribution in [0.3, 0.4) is 0 Å². The lowest BCUT2D eigenvalue weighted by Crippen LogP contribution is -2.31. The molecule has 2 aromatic heterocycles. The molecule has 0 saturated carbocycles. The SMILES string of the molecule is CCOc1cc(C(C)N2CCC(Cc3cc(C)nc(C)c3)C2)nn1[S+]([O-])N(C)C. The maximum atomic E-state index is 12.5. The summed E-state index contributed by atoms with van der Waals surface area (Å²) in [5, 5.41) is 4.63. The third kappa shape index (κ3) is 5.31. The maximum Gasteiger partial charge on any atom is 0.263 e. The molecule has 0 radical (unpaired) electrons. The molecule has 0 aliphatic carbocycles. The molecule has 3 rings (SSSR count). The molecule has 0 N–H and O–H groups in total. The van der Waals surface area contributed by atoms with Crippen molar-refractivity contribution in [1.29, 1.82) is 0 Å². The molecule has 3 unspecified atom stereocenters. The minimum atomic E-state index is -1.39. The van der Waals surface area contributed by atoms with Crippen LogP contribution in [0.4, 0.5) is 0 Å². The Balaban J connectivity index is 1.69. The van der Waals surface area contributed by atoms with Gasteiger partial charge >= 0.3 is 0 Å². The zero-order valence-electron chi connectivity index (χ0n) is 18.4. The van der Waals surface area contributed by atoms with Gasteiger partial charge in [0.05, 0.1) is 18.3 Å². The Hall–Kier alpha value is -1.61. The number of aromatic nitrogens is 3. The van der Waals surface area contributed by atoms with E-state index in [0.29, 0.717) is 18.4 Å². The second-order valence-corrected chi connectivity index (χ2v) is 9.58. The highest BCUT2D eigenvalue weighted by Gasteiger charge is 2.31. The number of aryl methyl sites for hydroxylation is 2. The van der Waals surface area contributed by atoms with Crippen LogP contribution in [0.1, 0.15) is 49.0 Å². The van der Waals surface area contributed by atoms with E-state index in [4.69, 9.17) is 4.74 Å². The van der Waals surface area contributed by atoms with Gasteiger partial charge in [-0.15, -0.1) is 9.40 Å². The lowest BCUT2D eigenvalue weighted by Gasteiger charge is -2.22. The number of nitrogens with zero attached hydrogens (tertiary/aromatic N) is 5. The number of rotatable bonds is 8. The summed E-state index contributed by atoms with van der Waals surface area (Å²) in [5.74, 6) is 1.18. The molecule has 0 amide bonds. The van der Waals surface area contributed by atoms with Crippen molar-refractivity contribution in [2.24, 2.45) is 5.92 Å². The van der Waals surface area contributed by atoms with Crippen LogP contribution >= 0.6 is 0 Å². The van der Waals surface area contributed by atoms with Crippen molar-refractivity contribution in [3.63, 3.8) is 0 Å². The third-order valence-corrected chi connectivity index (χ3v) is 6.56. The molecule has 7 nitrogen and oxygen atoms in total. The number of hydrogen-bond acceptors (Lipinski definition) is 6. The number of likely N-dealkylation sites (tertiary alicyclic amines) is 1. The van der Waals surface area contributed by atoms with E-state index in [9.17, 15) is 4.55 Å². The zero-order valence-corrected chi connectivity index (χ0v) is 19.2. The summed E-state index contributed by atoms with van der Waals surface area (Å²) in [6, 6.07) is 6.48. The van der Waals surface area contributed by atoms with Gasteiger partial charge in [-0.3, -0.25) is 9.88 Å². The summed E-state index contributed by atoms with van der Waals surface area (Å²) in [5.41, 5.74) is 4.45. The molecule has 2 aromatic rings. The fraction of sp³-hybridized carbons (Fsp3) is 0.619. The lowest BCUT2D eigenvalue weighted by molar-refractivity contribution is 0.247. The van der Waals surface area contributed by atoms with Crippen LogP contribution < -0.4 is 4.74 Å². The molecular formula is C21H33N5O2S. The fourth-order valence-electron chi connectivity index (χ4n) is 4.02. The monoisotopic (exact) mass is 419 g/mol. The minimum Gasteiger partial charge on any atom is -0.572 e. The first kappa shape index (κ1) is 22.1. The van der Waals surface area contributed by atoms with Crippen molar-refractivity contribution in [1.82, 2.24) is 23.4 Å². The van der Waals surface area contributed by atoms with Gasteiger partial charge in [0.25, 0.3) is 5.88 Å². The first-order valence-electron chi connectivity index (χ1n) is 10.3. The van der Waals surface area contributed by atoms with Gasteiger partial charge in [0.1, 0.15) is 0 Å². The Labute approximate surface area is 177 Å². The first-order chi connectivity index (χ1) is 13.8. The summed E-state index contributed by atoms with van der Waals surface area (Å²) < 4.78 is 21.3. The minimum absolute atomic E-state index is 0.153. The molecule has 1 aliphatic heterocycles. The highest BCUT2D eigenvalue weighted by Crippen LogP contribution is 2.31. The summed E-state index contributed by atoms with van der Waals surface area (Å²) >= 11 is -1.39. The molecule has 0 aromatic carbocycles. The van der Waals surface area contributed by atoms with Crippen LogP contribution in [0, 0.1) is 19.8 Å². The second kappa shape index (κ2) is 9.47. The number of pyridine rings is 1. The molecule has 1 aliphatic rings. The highest BCUT2D eigenvalue weighted by molar-refractivity contribution is 7.87. The van der Waals surface area contributed by atoms with E-state index >= 15 is 0 Å². The van der Waals surface area contributed by atoms with Gasteiger partial charge in [-0.2, -0.15) is 0 Å². The van der Waals surface area contributed by atoms with Gasteiger partial charge in [0.2, 0.25) is 0 Å². The van der Waals surface area contributed by atoms with Crippen molar-refractivity contribution in [2.45, 2.75) is 46.6 Å². The molecule has 0 bridgehead atoms. The van der Waals surface area contributed by atoms with Gasteiger partial charge in [-0.05, 0) is 74.8 Å². The van der Waals surface area contributed by atoms with Crippen molar-refractivity contribution >= 4 is 11.5 Å². The van der Waals surface area contributed by atoms with Gasteiger partial charge < -0.3 is 9.29 Å². The zero-order chi connectivity index (χ0) is 21.1. The summed E-state index contributed by atoms with van der Waals surface area (Å²) in [7, 11) is 3.54. The normalized spacial score (nSPS) is 19.7. The standard InChI is InChI=1S/C21H33N5O2S/c1-7-28-21-13-20(23-26(21)29(27)24(5)6)17(4)25-9-8-18(14-25)12-19-10-15(2)22-16(3)11-19/h10-11,13,17-18H,7-9,12,14H2,1-6H3. The van der Waals surface area contributed by atoms with E-state index in [1.807, 2.05) is 13.0 Å². The van der Waals surface area contributed by atoms with Gasteiger partial charge in [0.15, 0.2) is 11.5 Å². The quantitative estimate of drug-likeness (QED) is 0.613. The average molecular weight is 420 g/mol. The van der Waals surface area contributed by atoms with Crippen LogP contribution in [-0.4, -0.2) is 61.7 Å². The predicted molar refractivity (Wildman–Crippen MR) is 116 cm³/mol. The van der Waals surface area contributed by atoms with Crippen molar-refractivity contribution in [3.05, 3.63) is 40.8 Å². The number of hydrogen-bond donors (Lipinski definition) is 0. The van der Waals surface area contributed by atoms with Crippen LogP contribution in [0.25, 0.3) is 0 Å². The van der Waals surface area contributed by atoms with Crippen molar-refractivity contribution in [2.75, 3.05) is 33.8 Å². The highest BCUT2D eigenvalue weighted by atomic mass is 32.2. The average Bonchev–Trinajstić information content (AvgIpc) is 3.27. The molecule has 8 heteroatoms. The van der Waals surface area contributed by atoms with E-state index in [-0.39, 0.29) is 6.04 Å². The molecule has 160 valence electrons. The molecule has 3 atom stereocenters. The smallest absolute Gasteiger partial charge is 0.263 e. The van der Waals surface area contributed by atoms with Crippen LogP contribution in [0.15, 0.2) is 18.2 Å². The van der Waals surface area contributed by atoms with Gasteiger partial charge in [-0.1, -0.05) is 0 Å². The summed E-state index contributed by atoms with van der Waals surface area (Å²) in [6.45, 7) is 10.8. The summed E-state index contributed by atoms with van der Waals surface area (Å²) in [4.78, 5) is 6.95.